The summed E-state index contributed by atoms with van der Waals surface area (Å²) in [6.07, 6.45) is 3.26. The van der Waals surface area contributed by atoms with Gasteiger partial charge in [0.05, 0.1) is 12.2 Å². The second-order valence-electron chi connectivity index (χ2n) is 7.48. The molecular weight excluding hydrogens is 308 g/mol. The Labute approximate surface area is 144 Å². The van der Waals surface area contributed by atoms with Crippen molar-refractivity contribution in [3.8, 4) is 0 Å². The fourth-order valence-corrected chi connectivity index (χ4v) is 4.59. The van der Waals surface area contributed by atoms with Gasteiger partial charge in [-0.2, -0.15) is 0 Å². The predicted octanol–water partition coefficient (Wildman–Crippen LogP) is 2.99. The normalized spacial score (nSPS) is 27.8. The summed E-state index contributed by atoms with van der Waals surface area (Å²) in [5.74, 6) is 1.28. The Morgan fingerprint density at radius 1 is 1.13 bits per heavy atom. The molecule has 5 nitrogen and oxygen atoms in total. The lowest BCUT2D eigenvalue weighted by Crippen LogP contribution is -2.48. The lowest BCUT2D eigenvalue weighted by molar-refractivity contribution is -0.0720. The van der Waals surface area contributed by atoms with Gasteiger partial charge in [0.1, 0.15) is 5.01 Å². The molecule has 23 heavy (non-hydrogen) atoms. The number of nitrogens with zero attached hydrogens (tertiary/aromatic N) is 4. The van der Waals surface area contributed by atoms with E-state index in [1.165, 1.54) is 19.4 Å². The number of ether oxygens (including phenoxy) is 1. The quantitative estimate of drug-likeness (QED) is 0.844. The molecule has 130 valence electrons. The zero-order chi connectivity index (χ0) is 16.4. The summed E-state index contributed by atoms with van der Waals surface area (Å²) in [7, 11) is 0. The Hall–Kier alpha value is -0.720. The third-order valence-corrected chi connectivity index (χ3v) is 6.11. The molecule has 2 fully saturated rings. The van der Waals surface area contributed by atoms with E-state index in [1.807, 2.05) is 0 Å². The van der Waals surface area contributed by atoms with Crippen molar-refractivity contribution in [2.75, 3.05) is 37.6 Å². The number of anilines is 1. The summed E-state index contributed by atoms with van der Waals surface area (Å²) < 4.78 is 5.84. The lowest BCUT2D eigenvalue weighted by atomic mass is 9.96. The highest BCUT2D eigenvalue weighted by molar-refractivity contribution is 7.15. The van der Waals surface area contributed by atoms with Gasteiger partial charge < -0.3 is 9.64 Å². The molecule has 0 N–H and O–H groups in total. The van der Waals surface area contributed by atoms with Gasteiger partial charge in [0, 0.05) is 38.6 Å². The number of hydrogen-bond donors (Lipinski definition) is 0. The van der Waals surface area contributed by atoms with E-state index in [4.69, 9.17) is 4.74 Å². The van der Waals surface area contributed by atoms with Crippen LogP contribution in [0, 0.1) is 5.92 Å². The molecule has 0 aliphatic carbocycles. The van der Waals surface area contributed by atoms with Crippen molar-refractivity contribution in [2.24, 2.45) is 5.92 Å². The van der Waals surface area contributed by atoms with Crippen LogP contribution in [-0.4, -0.2) is 60.0 Å². The van der Waals surface area contributed by atoms with Gasteiger partial charge in [0.15, 0.2) is 0 Å². The fourth-order valence-electron chi connectivity index (χ4n) is 3.69. The first kappa shape index (κ1) is 17.1. The average molecular weight is 339 g/mol. The van der Waals surface area contributed by atoms with Crippen molar-refractivity contribution in [2.45, 2.75) is 58.7 Å². The number of piperidine rings is 1. The minimum atomic E-state index is 0.370. The molecule has 0 aromatic carbocycles. The third kappa shape index (κ3) is 4.43. The maximum Gasteiger partial charge on any atom is 0.208 e. The fraction of sp³-hybridized carbons (Fsp3) is 0.882. The monoisotopic (exact) mass is 338 g/mol. The van der Waals surface area contributed by atoms with E-state index in [-0.39, 0.29) is 0 Å². The minimum absolute atomic E-state index is 0.370. The van der Waals surface area contributed by atoms with Crippen molar-refractivity contribution in [1.29, 1.82) is 0 Å². The maximum absolute atomic E-state index is 5.84. The van der Waals surface area contributed by atoms with Crippen LogP contribution in [0.25, 0.3) is 0 Å². The largest absolute Gasteiger partial charge is 0.373 e. The van der Waals surface area contributed by atoms with E-state index in [2.05, 4.69) is 47.7 Å². The molecule has 6 heteroatoms. The molecule has 0 bridgehead atoms. The maximum atomic E-state index is 5.84. The van der Waals surface area contributed by atoms with Gasteiger partial charge in [-0.3, -0.25) is 4.90 Å². The van der Waals surface area contributed by atoms with Crippen LogP contribution >= 0.6 is 11.3 Å². The van der Waals surface area contributed by atoms with Crippen molar-refractivity contribution in [3.63, 3.8) is 0 Å². The van der Waals surface area contributed by atoms with Gasteiger partial charge in [0.2, 0.25) is 5.13 Å². The van der Waals surface area contributed by atoms with Crippen LogP contribution in [0.2, 0.25) is 0 Å². The van der Waals surface area contributed by atoms with Gasteiger partial charge in [-0.25, -0.2) is 0 Å². The zero-order valence-corrected chi connectivity index (χ0v) is 15.7. The van der Waals surface area contributed by atoms with Gasteiger partial charge in [-0.1, -0.05) is 25.2 Å². The summed E-state index contributed by atoms with van der Waals surface area (Å²) >= 11 is 1.76. The van der Waals surface area contributed by atoms with Crippen LogP contribution in [0.3, 0.4) is 0 Å². The highest BCUT2D eigenvalue weighted by atomic mass is 32.1. The molecule has 0 spiro atoms. The smallest absolute Gasteiger partial charge is 0.208 e. The Kier molecular flexibility index (Phi) is 5.54. The van der Waals surface area contributed by atoms with Crippen LogP contribution in [0.1, 0.15) is 51.5 Å². The topological polar surface area (TPSA) is 41.5 Å². The van der Waals surface area contributed by atoms with Gasteiger partial charge in [0.25, 0.3) is 0 Å². The molecular formula is C17H30N4OS. The summed E-state index contributed by atoms with van der Waals surface area (Å²) in [4.78, 5) is 5.02. The summed E-state index contributed by atoms with van der Waals surface area (Å²) in [6.45, 7) is 14.4. The molecule has 2 atom stereocenters. The zero-order valence-electron chi connectivity index (χ0n) is 14.9. The van der Waals surface area contributed by atoms with Crippen LogP contribution in [0.5, 0.6) is 0 Å². The summed E-state index contributed by atoms with van der Waals surface area (Å²) in [5, 5.41) is 11.0. The second kappa shape index (κ2) is 7.45. The predicted molar refractivity (Wildman–Crippen MR) is 95.4 cm³/mol. The Balaban J connectivity index is 1.48. The first-order valence-electron chi connectivity index (χ1n) is 8.97. The van der Waals surface area contributed by atoms with Crippen LogP contribution in [0.4, 0.5) is 5.13 Å². The molecule has 1 aromatic rings. The van der Waals surface area contributed by atoms with Crippen molar-refractivity contribution in [1.82, 2.24) is 15.1 Å². The number of hydrogen-bond acceptors (Lipinski definition) is 6. The standard InChI is InChI=1S/C17H30N4OS/c1-12(2)16-18-19-17(23-16)21-7-5-15(6-8-21)11-20-9-13(3)22-14(4)10-20/h12-15H,5-11H2,1-4H3. The van der Waals surface area contributed by atoms with E-state index < -0.39 is 0 Å². The number of morpholine rings is 1. The third-order valence-electron chi connectivity index (χ3n) is 4.82. The highest BCUT2D eigenvalue weighted by Gasteiger charge is 2.27. The second-order valence-corrected chi connectivity index (χ2v) is 8.47. The average Bonchev–Trinajstić information content (AvgIpc) is 2.97. The SMILES string of the molecule is CC1CN(CC2CCN(c3nnc(C(C)C)s3)CC2)CC(C)O1. The van der Waals surface area contributed by atoms with E-state index in [0.29, 0.717) is 18.1 Å². The van der Waals surface area contributed by atoms with Gasteiger partial charge in [-0.15, -0.1) is 10.2 Å². The molecule has 2 unspecified atom stereocenters. The van der Waals surface area contributed by atoms with Crippen molar-refractivity contribution >= 4 is 16.5 Å². The molecule has 2 aliphatic heterocycles. The lowest BCUT2D eigenvalue weighted by Gasteiger charge is -2.39. The highest BCUT2D eigenvalue weighted by Crippen LogP contribution is 2.29. The van der Waals surface area contributed by atoms with E-state index in [9.17, 15) is 0 Å². The molecule has 1 aromatic heterocycles. The van der Waals surface area contributed by atoms with Gasteiger partial charge >= 0.3 is 0 Å². The molecule has 3 heterocycles. The van der Waals surface area contributed by atoms with E-state index in [1.54, 1.807) is 11.3 Å². The van der Waals surface area contributed by atoms with E-state index >= 15 is 0 Å². The molecule has 2 saturated heterocycles. The van der Waals surface area contributed by atoms with Crippen LogP contribution in [-0.2, 0) is 4.74 Å². The molecule has 0 saturated carbocycles. The Bertz CT molecular complexity index is 489. The molecule has 3 rings (SSSR count). The van der Waals surface area contributed by atoms with E-state index in [0.717, 1.165) is 42.2 Å². The molecule has 2 aliphatic rings. The Morgan fingerprint density at radius 3 is 2.35 bits per heavy atom. The first-order chi connectivity index (χ1) is 11.0. The summed E-state index contributed by atoms with van der Waals surface area (Å²) in [6, 6.07) is 0. The van der Waals surface area contributed by atoms with Gasteiger partial charge in [-0.05, 0) is 32.6 Å². The molecule has 0 amide bonds. The van der Waals surface area contributed by atoms with Crippen LogP contribution < -0.4 is 4.90 Å². The van der Waals surface area contributed by atoms with Crippen molar-refractivity contribution in [3.05, 3.63) is 5.01 Å². The number of rotatable bonds is 4. The summed E-state index contributed by atoms with van der Waals surface area (Å²) in [5.41, 5.74) is 0. The van der Waals surface area contributed by atoms with Crippen molar-refractivity contribution < 1.29 is 4.74 Å². The first-order valence-corrected chi connectivity index (χ1v) is 9.79. The Morgan fingerprint density at radius 2 is 1.78 bits per heavy atom. The molecule has 0 radical (unpaired) electrons. The number of aromatic nitrogens is 2. The van der Waals surface area contributed by atoms with Crippen LogP contribution in [0.15, 0.2) is 0 Å². The minimum Gasteiger partial charge on any atom is -0.373 e.